The van der Waals surface area contributed by atoms with Crippen LogP contribution in [0.5, 0.6) is 0 Å². The number of ketones is 1. The highest BCUT2D eigenvalue weighted by molar-refractivity contribution is 6.02. The minimum atomic E-state index is -0.958. The summed E-state index contributed by atoms with van der Waals surface area (Å²) in [5.74, 6) is -1.01. The number of esters is 1. The van der Waals surface area contributed by atoms with Gasteiger partial charge >= 0.3 is 5.97 Å². The summed E-state index contributed by atoms with van der Waals surface area (Å²) >= 11 is 0. The number of ether oxygens (including phenoxy) is 1. The molecule has 0 aliphatic carbocycles. The van der Waals surface area contributed by atoms with Gasteiger partial charge in [-0.25, -0.2) is 4.79 Å². The monoisotopic (exact) mass is 391 g/mol. The second-order valence-corrected chi connectivity index (χ2v) is 6.55. The molecule has 0 bridgehead atoms. The highest BCUT2D eigenvalue weighted by atomic mass is 16.5. The fraction of sp³-hybridized carbons (Fsp3) is 0.227. The van der Waals surface area contributed by atoms with E-state index in [1.807, 2.05) is 6.92 Å². The van der Waals surface area contributed by atoms with Gasteiger partial charge < -0.3 is 10.1 Å². The summed E-state index contributed by atoms with van der Waals surface area (Å²) in [5, 5.41) is 2.76. The Kier molecular flexibility index (Phi) is 6.29. The SMILES string of the molecule is CCCC(=O)Nc1ccc(C(=O)[C@H](C)OC(=O)c2ccc3nccnc3c2)cc1. The van der Waals surface area contributed by atoms with E-state index in [9.17, 15) is 14.4 Å². The molecule has 0 unspecified atom stereocenters. The lowest BCUT2D eigenvalue weighted by Crippen LogP contribution is -2.24. The van der Waals surface area contributed by atoms with Crippen LogP contribution in [0, 0.1) is 0 Å². The van der Waals surface area contributed by atoms with E-state index < -0.39 is 12.1 Å². The normalized spacial score (nSPS) is 11.7. The van der Waals surface area contributed by atoms with Crippen molar-refractivity contribution < 1.29 is 19.1 Å². The van der Waals surface area contributed by atoms with Crippen LogP contribution in [0.2, 0.25) is 0 Å². The van der Waals surface area contributed by atoms with Gasteiger partial charge in [0.1, 0.15) is 0 Å². The molecule has 2 aromatic carbocycles. The minimum Gasteiger partial charge on any atom is -0.451 e. The lowest BCUT2D eigenvalue weighted by atomic mass is 10.1. The van der Waals surface area contributed by atoms with Gasteiger partial charge in [0.25, 0.3) is 0 Å². The van der Waals surface area contributed by atoms with Crippen LogP contribution in [0.15, 0.2) is 54.9 Å². The van der Waals surface area contributed by atoms with E-state index in [2.05, 4.69) is 15.3 Å². The molecule has 0 fully saturated rings. The van der Waals surface area contributed by atoms with Crippen molar-refractivity contribution in [2.75, 3.05) is 5.32 Å². The zero-order chi connectivity index (χ0) is 20.8. The summed E-state index contributed by atoms with van der Waals surface area (Å²) < 4.78 is 5.32. The first-order chi connectivity index (χ1) is 14.0. The van der Waals surface area contributed by atoms with Gasteiger partial charge in [-0.15, -0.1) is 0 Å². The minimum absolute atomic E-state index is 0.0750. The number of Topliss-reactive ketones (excluding diaryl/α,β-unsaturated/α-hetero) is 1. The maximum Gasteiger partial charge on any atom is 0.338 e. The number of hydrogen-bond donors (Lipinski definition) is 1. The molecule has 3 aromatic rings. The predicted molar refractivity (Wildman–Crippen MR) is 109 cm³/mol. The van der Waals surface area contributed by atoms with Crippen LogP contribution in [-0.4, -0.2) is 33.7 Å². The quantitative estimate of drug-likeness (QED) is 0.486. The first-order valence-electron chi connectivity index (χ1n) is 9.34. The Morgan fingerprint density at radius 3 is 2.31 bits per heavy atom. The molecule has 1 N–H and O–H groups in total. The number of aromatic nitrogens is 2. The molecule has 0 saturated heterocycles. The van der Waals surface area contributed by atoms with E-state index in [1.54, 1.807) is 48.7 Å². The number of nitrogens with zero attached hydrogens (tertiary/aromatic N) is 2. The average molecular weight is 391 g/mol. The molecule has 7 heteroatoms. The Balaban J connectivity index is 1.64. The van der Waals surface area contributed by atoms with Gasteiger partial charge in [-0.3, -0.25) is 19.6 Å². The van der Waals surface area contributed by atoms with Crippen LogP contribution < -0.4 is 5.32 Å². The summed E-state index contributed by atoms with van der Waals surface area (Å²) in [4.78, 5) is 44.9. The Morgan fingerprint density at radius 1 is 0.966 bits per heavy atom. The van der Waals surface area contributed by atoms with Crippen molar-refractivity contribution in [1.29, 1.82) is 0 Å². The highest BCUT2D eigenvalue weighted by Crippen LogP contribution is 2.16. The van der Waals surface area contributed by atoms with Crippen molar-refractivity contribution in [3.63, 3.8) is 0 Å². The molecule has 0 saturated carbocycles. The smallest absolute Gasteiger partial charge is 0.338 e. The van der Waals surface area contributed by atoms with Crippen LogP contribution in [-0.2, 0) is 9.53 Å². The zero-order valence-electron chi connectivity index (χ0n) is 16.2. The molecular weight excluding hydrogens is 370 g/mol. The van der Waals surface area contributed by atoms with Gasteiger partial charge in [0, 0.05) is 30.1 Å². The van der Waals surface area contributed by atoms with Crippen LogP contribution in [0.4, 0.5) is 5.69 Å². The summed E-state index contributed by atoms with van der Waals surface area (Å²) in [7, 11) is 0. The topological polar surface area (TPSA) is 98.2 Å². The standard InChI is InChI=1S/C22H21N3O4/c1-3-4-20(26)25-17-8-5-15(6-9-17)21(27)14(2)29-22(28)16-7-10-18-19(13-16)24-12-11-23-18/h5-14H,3-4H2,1-2H3,(H,25,26)/t14-/m0/s1. The molecule has 1 atom stereocenters. The number of fused-ring (bicyclic) bond motifs is 1. The van der Waals surface area contributed by atoms with Crippen molar-refractivity contribution in [2.45, 2.75) is 32.8 Å². The zero-order valence-corrected chi connectivity index (χ0v) is 16.2. The molecule has 148 valence electrons. The maximum absolute atomic E-state index is 12.6. The first kappa shape index (κ1) is 20.1. The third kappa shape index (κ3) is 5.01. The number of amides is 1. The summed E-state index contributed by atoms with van der Waals surface area (Å²) in [6.07, 6.45) is 3.35. The fourth-order valence-electron chi connectivity index (χ4n) is 2.78. The van der Waals surface area contributed by atoms with E-state index in [1.165, 1.54) is 13.1 Å². The Bertz CT molecular complexity index is 1050. The number of hydrogen-bond acceptors (Lipinski definition) is 6. The number of nitrogens with one attached hydrogen (secondary N) is 1. The fourth-order valence-corrected chi connectivity index (χ4v) is 2.78. The molecule has 1 heterocycles. The molecule has 0 spiro atoms. The van der Waals surface area contributed by atoms with Crippen LogP contribution in [0.1, 0.15) is 47.4 Å². The molecular formula is C22H21N3O4. The lowest BCUT2D eigenvalue weighted by molar-refractivity contribution is -0.116. The number of rotatable bonds is 7. The van der Waals surface area contributed by atoms with Crippen LogP contribution >= 0.6 is 0 Å². The van der Waals surface area contributed by atoms with Crippen molar-refractivity contribution in [1.82, 2.24) is 9.97 Å². The Hall–Kier alpha value is -3.61. The van der Waals surface area contributed by atoms with Crippen LogP contribution in [0.3, 0.4) is 0 Å². The molecule has 7 nitrogen and oxygen atoms in total. The van der Waals surface area contributed by atoms with Crippen molar-refractivity contribution in [3.05, 3.63) is 66.0 Å². The maximum atomic E-state index is 12.6. The van der Waals surface area contributed by atoms with Crippen molar-refractivity contribution >= 4 is 34.4 Å². The van der Waals surface area contributed by atoms with Gasteiger partial charge in [-0.2, -0.15) is 0 Å². The van der Waals surface area contributed by atoms with Crippen LogP contribution in [0.25, 0.3) is 11.0 Å². The van der Waals surface area contributed by atoms with Gasteiger partial charge in [0.2, 0.25) is 11.7 Å². The number of carbonyl (C=O) groups excluding carboxylic acids is 3. The van der Waals surface area contributed by atoms with E-state index in [0.717, 1.165) is 6.42 Å². The largest absolute Gasteiger partial charge is 0.451 e. The van der Waals surface area contributed by atoms with Gasteiger partial charge in [0.15, 0.2) is 6.10 Å². The van der Waals surface area contributed by atoms with Gasteiger partial charge in [-0.1, -0.05) is 6.92 Å². The molecule has 3 rings (SSSR count). The van der Waals surface area contributed by atoms with Crippen molar-refractivity contribution in [3.8, 4) is 0 Å². The summed E-state index contributed by atoms with van der Waals surface area (Å²) in [5.41, 5.74) is 2.54. The van der Waals surface area contributed by atoms with Gasteiger partial charge in [-0.05, 0) is 55.8 Å². The first-order valence-corrected chi connectivity index (χ1v) is 9.34. The average Bonchev–Trinajstić information content (AvgIpc) is 2.73. The summed E-state index contributed by atoms with van der Waals surface area (Å²) in [6, 6.07) is 11.3. The second-order valence-electron chi connectivity index (χ2n) is 6.55. The summed E-state index contributed by atoms with van der Waals surface area (Å²) in [6.45, 7) is 3.45. The van der Waals surface area contributed by atoms with Gasteiger partial charge in [0.05, 0.1) is 16.6 Å². The Labute approximate surface area is 168 Å². The third-order valence-corrected chi connectivity index (χ3v) is 4.29. The molecule has 0 radical (unpaired) electrons. The third-order valence-electron chi connectivity index (χ3n) is 4.29. The number of carbonyl (C=O) groups is 3. The number of anilines is 1. The molecule has 1 aromatic heterocycles. The van der Waals surface area contributed by atoms with E-state index in [0.29, 0.717) is 34.3 Å². The molecule has 1 amide bonds. The predicted octanol–water partition coefficient (Wildman–Crippen LogP) is 3.80. The second kappa shape index (κ2) is 9.05. The molecule has 0 aliphatic heterocycles. The van der Waals surface area contributed by atoms with E-state index in [-0.39, 0.29) is 11.7 Å². The lowest BCUT2D eigenvalue weighted by Gasteiger charge is -2.13. The Morgan fingerprint density at radius 2 is 1.62 bits per heavy atom. The van der Waals surface area contributed by atoms with Crippen molar-refractivity contribution in [2.24, 2.45) is 0 Å². The highest BCUT2D eigenvalue weighted by Gasteiger charge is 2.21. The van der Waals surface area contributed by atoms with E-state index >= 15 is 0 Å². The van der Waals surface area contributed by atoms with E-state index in [4.69, 9.17) is 4.74 Å². The molecule has 29 heavy (non-hydrogen) atoms. The molecule has 0 aliphatic rings. The number of benzene rings is 2.